The lowest BCUT2D eigenvalue weighted by Crippen LogP contribution is -2.25. The van der Waals surface area contributed by atoms with E-state index in [2.05, 4.69) is 18.7 Å². The second-order valence-corrected chi connectivity index (χ2v) is 5.17. The first kappa shape index (κ1) is 16.5. The minimum atomic E-state index is -0.345. The number of hydrogen-bond acceptors (Lipinski definition) is 3. The third-order valence-corrected chi connectivity index (χ3v) is 3.49. The third-order valence-electron chi connectivity index (χ3n) is 3.49. The first-order valence-corrected chi connectivity index (χ1v) is 7.68. The number of benzene rings is 1. The summed E-state index contributed by atoms with van der Waals surface area (Å²) in [5.41, 5.74) is 1.26. The molecule has 1 aromatic carbocycles. The van der Waals surface area contributed by atoms with E-state index in [4.69, 9.17) is 0 Å². The van der Waals surface area contributed by atoms with Gasteiger partial charge in [0.25, 0.3) is 5.69 Å². The van der Waals surface area contributed by atoms with E-state index < -0.39 is 0 Å². The number of non-ortho nitro benzene ring substituents is 1. The van der Waals surface area contributed by atoms with Crippen LogP contribution in [0.3, 0.4) is 0 Å². The fourth-order valence-corrected chi connectivity index (χ4v) is 2.26. The summed E-state index contributed by atoms with van der Waals surface area (Å²) in [6.07, 6.45) is 7.25. The Kier molecular flexibility index (Phi) is 7.70. The van der Waals surface area contributed by atoms with Gasteiger partial charge in [-0.3, -0.25) is 10.1 Å². The molecule has 112 valence electrons. The van der Waals surface area contributed by atoms with Gasteiger partial charge in [-0.05, 0) is 25.0 Å². The molecule has 0 bridgehead atoms. The van der Waals surface area contributed by atoms with E-state index in [0.29, 0.717) is 0 Å². The standard InChI is InChI=1S/C16H26N2O2/c1-3-5-7-13-17(14-8-6-4-2)15-9-11-16(12-10-15)18(19)20/h9-12H,3-8,13-14H2,1-2H3. The molecule has 0 radical (unpaired) electrons. The normalized spacial score (nSPS) is 10.5. The van der Waals surface area contributed by atoms with E-state index in [9.17, 15) is 10.1 Å². The van der Waals surface area contributed by atoms with Gasteiger partial charge in [-0.1, -0.05) is 39.5 Å². The van der Waals surface area contributed by atoms with Gasteiger partial charge in [-0.2, -0.15) is 0 Å². The Labute approximate surface area is 121 Å². The summed E-state index contributed by atoms with van der Waals surface area (Å²) in [5, 5.41) is 10.7. The predicted molar refractivity (Wildman–Crippen MR) is 84.4 cm³/mol. The number of nitro groups is 1. The van der Waals surface area contributed by atoms with Crippen molar-refractivity contribution in [1.29, 1.82) is 0 Å². The highest BCUT2D eigenvalue weighted by Crippen LogP contribution is 2.20. The van der Waals surface area contributed by atoms with Crippen molar-refractivity contribution in [3.05, 3.63) is 34.4 Å². The lowest BCUT2D eigenvalue weighted by molar-refractivity contribution is -0.384. The van der Waals surface area contributed by atoms with Crippen LogP contribution in [0.2, 0.25) is 0 Å². The monoisotopic (exact) mass is 278 g/mol. The molecule has 1 rings (SSSR count). The lowest BCUT2D eigenvalue weighted by Gasteiger charge is -2.24. The van der Waals surface area contributed by atoms with E-state index in [1.54, 1.807) is 12.1 Å². The van der Waals surface area contributed by atoms with Crippen LogP contribution in [0.4, 0.5) is 11.4 Å². The molecule has 0 saturated heterocycles. The molecule has 0 aliphatic rings. The largest absolute Gasteiger partial charge is 0.372 e. The van der Waals surface area contributed by atoms with E-state index >= 15 is 0 Å². The van der Waals surface area contributed by atoms with Crippen LogP contribution in [0.5, 0.6) is 0 Å². The first-order chi connectivity index (χ1) is 9.69. The molecule has 0 amide bonds. The summed E-state index contributed by atoms with van der Waals surface area (Å²) < 4.78 is 0. The number of nitrogens with zero attached hydrogens (tertiary/aromatic N) is 2. The van der Waals surface area contributed by atoms with Crippen molar-refractivity contribution in [2.45, 2.75) is 52.4 Å². The van der Waals surface area contributed by atoms with Crippen molar-refractivity contribution in [2.24, 2.45) is 0 Å². The minimum Gasteiger partial charge on any atom is -0.372 e. The molecule has 0 aliphatic heterocycles. The molecular weight excluding hydrogens is 252 g/mol. The second-order valence-electron chi connectivity index (χ2n) is 5.17. The quantitative estimate of drug-likeness (QED) is 0.351. The Morgan fingerprint density at radius 1 is 0.950 bits per heavy atom. The molecule has 0 unspecified atom stereocenters. The summed E-state index contributed by atoms with van der Waals surface area (Å²) in [7, 11) is 0. The lowest BCUT2D eigenvalue weighted by atomic mass is 10.2. The molecule has 0 aliphatic carbocycles. The Balaban J connectivity index is 2.66. The average molecular weight is 278 g/mol. The van der Waals surface area contributed by atoms with Gasteiger partial charge in [0.2, 0.25) is 0 Å². The smallest absolute Gasteiger partial charge is 0.269 e. The van der Waals surface area contributed by atoms with E-state index in [1.807, 2.05) is 12.1 Å². The molecule has 0 saturated carbocycles. The van der Waals surface area contributed by atoms with Crippen LogP contribution >= 0.6 is 0 Å². The molecule has 4 nitrogen and oxygen atoms in total. The van der Waals surface area contributed by atoms with Crippen LogP contribution in [0.25, 0.3) is 0 Å². The summed E-state index contributed by atoms with van der Waals surface area (Å²) in [6.45, 7) is 6.48. The minimum absolute atomic E-state index is 0.163. The summed E-state index contributed by atoms with van der Waals surface area (Å²) in [6, 6.07) is 6.94. The highest BCUT2D eigenvalue weighted by atomic mass is 16.6. The van der Waals surface area contributed by atoms with Gasteiger partial charge in [0, 0.05) is 30.9 Å². The zero-order valence-corrected chi connectivity index (χ0v) is 12.7. The molecule has 0 spiro atoms. The van der Waals surface area contributed by atoms with Crippen LogP contribution < -0.4 is 4.90 Å². The average Bonchev–Trinajstić information content (AvgIpc) is 2.46. The predicted octanol–water partition coefficient (Wildman–Crippen LogP) is 4.78. The van der Waals surface area contributed by atoms with Crippen molar-refractivity contribution in [3.8, 4) is 0 Å². The Bertz CT molecular complexity index is 380. The van der Waals surface area contributed by atoms with Crippen LogP contribution in [0, 0.1) is 10.1 Å². The molecule has 0 aromatic heterocycles. The number of unbranched alkanes of at least 4 members (excludes halogenated alkanes) is 4. The Morgan fingerprint density at radius 2 is 1.45 bits per heavy atom. The van der Waals surface area contributed by atoms with Crippen LogP contribution in [0.1, 0.15) is 52.4 Å². The molecule has 0 heterocycles. The summed E-state index contributed by atoms with van der Waals surface area (Å²) in [5.74, 6) is 0. The Hall–Kier alpha value is -1.58. The van der Waals surface area contributed by atoms with Gasteiger partial charge in [0.15, 0.2) is 0 Å². The van der Waals surface area contributed by atoms with Crippen LogP contribution in [-0.4, -0.2) is 18.0 Å². The van der Waals surface area contributed by atoms with Crippen molar-refractivity contribution in [2.75, 3.05) is 18.0 Å². The molecule has 0 fully saturated rings. The van der Waals surface area contributed by atoms with E-state index in [-0.39, 0.29) is 10.6 Å². The van der Waals surface area contributed by atoms with E-state index in [1.165, 1.54) is 38.5 Å². The van der Waals surface area contributed by atoms with Crippen molar-refractivity contribution in [1.82, 2.24) is 0 Å². The number of anilines is 1. The maximum Gasteiger partial charge on any atom is 0.269 e. The number of rotatable bonds is 10. The van der Waals surface area contributed by atoms with Crippen molar-refractivity contribution in [3.63, 3.8) is 0 Å². The molecule has 0 atom stereocenters. The molecular formula is C16H26N2O2. The fraction of sp³-hybridized carbons (Fsp3) is 0.625. The fourth-order valence-electron chi connectivity index (χ4n) is 2.26. The summed E-state index contributed by atoms with van der Waals surface area (Å²) in [4.78, 5) is 12.7. The molecule has 1 aromatic rings. The van der Waals surface area contributed by atoms with Gasteiger partial charge in [0.05, 0.1) is 4.92 Å². The van der Waals surface area contributed by atoms with Crippen molar-refractivity contribution >= 4 is 11.4 Å². The van der Waals surface area contributed by atoms with Gasteiger partial charge in [0.1, 0.15) is 0 Å². The van der Waals surface area contributed by atoms with Gasteiger partial charge >= 0.3 is 0 Å². The van der Waals surface area contributed by atoms with Crippen molar-refractivity contribution < 1.29 is 4.92 Å². The highest BCUT2D eigenvalue weighted by Gasteiger charge is 2.09. The first-order valence-electron chi connectivity index (χ1n) is 7.68. The zero-order valence-electron chi connectivity index (χ0n) is 12.7. The SMILES string of the molecule is CCCCCN(CCCCC)c1ccc([N+](=O)[O-])cc1. The zero-order chi connectivity index (χ0) is 14.8. The van der Waals surface area contributed by atoms with Gasteiger partial charge in [-0.15, -0.1) is 0 Å². The second kappa shape index (κ2) is 9.34. The molecule has 0 N–H and O–H groups in total. The molecule has 4 heteroatoms. The highest BCUT2D eigenvalue weighted by molar-refractivity contribution is 5.50. The maximum absolute atomic E-state index is 10.7. The Morgan fingerprint density at radius 3 is 1.85 bits per heavy atom. The van der Waals surface area contributed by atoms with E-state index in [0.717, 1.165) is 18.8 Å². The number of hydrogen-bond donors (Lipinski definition) is 0. The third kappa shape index (κ3) is 5.59. The van der Waals surface area contributed by atoms with Gasteiger partial charge < -0.3 is 4.90 Å². The maximum atomic E-state index is 10.7. The summed E-state index contributed by atoms with van der Waals surface area (Å²) >= 11 is 0. The molecule has 20 heavy (non-hydrogen) atoms. The van der Waals surface area contributed by atoms with Gasteiger partial charge in [-0.25, -0.2) is 0 Å². The number of nitro benzene ring substituents is 1. The van der Waals surface area contributed by atoms with Crippen LogP contribution in [-0.2, 0) is 0 Å². The topological polar surface area (TPSA) is 46.4 Å². The van der Waals surface area contributed by atoms with Crippen LogP contribution in [0.15, 0.2) is 24.3 Å².